The minimum Gasteiger partial charge on any atom is -0.479 e. The van der Waals surface area contributed by atoms with Crippen molar-refractivity contribution in [3.8, 4) is 0 Å². The lowest BCUT2D eigenvalue weighted by Crippen LogP contribution is -2.50. The van der Waals surface area contributed by atoms with Gasteiger partial charge in [-0.05, 0) is 6.92 Å². The first kappa shape index (κ1) is 17.6. The zero-order valence-corrected chi connectivity index (χ0v) is 11.5. The molecule has 0 rings (SSSR count). The maximum atomic E-state index is 11.9. The maximum absolute atomic E-state index is 11.9. The van der Waals surface area contributed by atoms with Gasteiger partial charge in [0.1, 0.15) is 0 Å². The Morgan fingerprint density at radius 3 is 2.42 bits per heavy atom. The number of amides is 2. The number of rotatable bonds is 9. The zero-order chi connectivity index (χ0) is 14.8. The van der Waals surface area contributed by atoms with E-state index in [1.807, 2.05) is 0 Å². The number of urea groups is 1. The third-order valence-corrected chi connectivity index (χ3v) is 2.47. The Bertz CT molecular complexity index is 286. The highest BCUT2D eigenvalue weighted by atomic mass is 16.5. The van der Waals surface area contributed by atoms with E-state index >= 15 is 0 Å². The molecule has 1 unspecified atom stereocenters. The minimum atomic E-state index is -1.62. The van der Waals surface area contributed by atoms with Crippen LogP contribution in [0.2, 0.25) is 0 Å². The fraction of sp³-hybridized carbons (Fsp3) is 0.818. The smallest absolute Gasteiger partial charge is 0.334 e. The molecule has 2 amide bonds. The van der Waals surface area contributed by atoms with Gasteiger partial charge in [-0.2, -0.15) is 0 Å². The topological polar surface area (TPSA) is 108 Å². The molecule has 112 valence electrons. The Labute approximate surface area is 112 Å². The first-order valence-corrected chi connectivity index (χ1v) is 5.87. The molecule has 0 saturated carbocycles. The molecule has 0 spiro atoms. The molecule has 3 N–H and O–H groups in total. The van der Waals surface area contributed by atoms with Crippen molar-refractivity contribution in [2.75, 3.05) is 40.5 Å². The molecule has 0 aromatic heterocycles. The van der Waals surface area contributed by atoms with Gasteiger partial charge in [0.2, 0.25) is 0 Å². The molecule has 0 aliphatic heterocycles. The standard InChI is InChI=1S/C11H22N2O6/c1-8(7-19-3)13(4-5-18-2)11(17)12-6-9(14)10(15)16/h8-9,14H,4-7H2,1-3H3,(H,12,17)(H,15,16)/t8?,9-/m0/s1. The van der Waals surface area contributed by atoms with Gasteiger partial charge >= 0.3 is 12.0 Å². The molecule has 8 nitrogen and oxygen atoms in total. The van der Waals surface area contributed by atoms with Gasteiger partial charge in [-0.15, -0.1) is 0 Å². The van der Waals surface area contributed by atoms with Gasteiger partial charge in [0, 0.05) is 20.8 Å². The van der Waals surface area contributed by atoms with E-state index in [0.29, 0.717) is 19.8 Å². The highest BCUT2D eigenvalue weighted by Crippen LogP contribution is 2.00. The molecule has 19 heavy (non-hydrogen) atoms. The summed E-state index contributed by atoms with van der Waals surface area (Å²) >= 11 is 0. The van der Waals surface area contributed by atoms with Crippen LogP contribution in [-0.2, 0) is 14.3 Å². The second-order valence-electron chi connectivity index (χ2n) is 4.03. The Morgan fingerprint density at radius 2 is 1.95 bits per heavy atom. The van der Waals surface area contributed by atoms with E-state index < -0.39 is 18.1 Å². The number of carboxylic acids is 1. The molecule has 0 radical (unpaired) electrons. The summed E-state index contributed by atoms with van der Waals surface area (Å²) in [7, 11) is 3.04. The van der Waals surface area contributed by atoms with Crippen LogP contribution in [0, 0.1) is 0 Å². The lowest BCUT2D eigenvalue weighted by atomic mass is 10.3. The maximum Gasteiger partial charge on any atom is 0.334 e. The van der Waals surface area contributed by atoms with Gasteiger partial charge in [0.25, 0.3) is 0 Å². The summed E-state index contributed by atoms with van der Waals surface area (Å²) in [6.45, 7) is 2.49. The number of aliphatic carboxylic acids is 1. The van der Waals surface area contributed by atoms with Crippen LogP contribution in [0.25, 0.3) is 0 Å². The average molecular weight is 278 g/mol. The lowest BCUT2D eigenvalue weighted by molar-refractivity contribution is -0.146. The number of hydrogen-bond acceptors (Lipinski definition) is 5. The third kappa shape index (κ3) is 6.94. The van der Waals surface area contributed by atoms with Crippen LogP contribution < -0.4 is 5.32 Å². The number of carboxylic acid groups (broad SMARTS) is 1. The highest BCUT2D eigenvalue weighted by molar-refractivity contribution is 5.77. The summed E-state index contributed by atoms with van der Waals surface area (Å²) in [4.78, 5) is 23.8. The third-order valence-electron chi connectivity index (χ3n) is 2.47. The van der Waals surface area contributed by atoms with E-state index in [4.69, 9.17) is 19.7 Å². The first-order chi connectivity index (χ1) is 8.93. The van der Waals surface area contributed by atoms with Crippen LogP contribution in [0.1, 0.15) is 6.92 Å². The predicted octanol–water partition coefficient (Wildman–Crippen LogP) is -0.875. The molecular weight excluding hydrogens is 256 g/mol. The van der Waals surface area contributed by atoms with Crippen molar-refractivity contribution in [2.45, 2.75) is 19.1 Å². The number of nitrogens with one attached hydrogen (secondary N) is 1. The summed E-state index contributed by atoms with van der Waals surface area (Å²) in [6.07, 6.45) is -1.62. The van der Waals surface area contributed by atoms with Crippen LogP contribution in [0.3, 0.4) is 0 Å². The van der Waals surface area contributed by atoms with Crippen molar-refractivity contribution in [1.82, 2.24) is 10.2 Å². The number of aliphatic hydroxyl groups is 1. The van der Waals surface area contributed by atoms with Crippen molar-refractivity contribution < 1.29 is 29.3 Å². The van der Waals surface area contributed by atoms with Gasteiger partial charge in [0.05, 0.1) is 25.8 Å². The number of carbonyl (C=O) groups excluding carboxylic acids is 1. The van der Waals surface area contributed by atoms with Crippen LogP contribution in [0.5, 0.6) is 0 Å². The SMILES string of the molecule is COCCN(C(=O)NC[C@H](O)C(=O)O)C(C)COC. The monoisotopic (exact) mass is 278 g/mol. The highest BCUT2D eigenvalue weighted by Gasteiger charge is 2.21. The van der Waals surface area contributed by atoms with Crippen LogP contribution in [0.4, 0.5) is 4.79 Å². The summed E-state index contributed by atoms with van der Waals surface area (Å²) in [5.41, 5.74) is 0. The van der Waals surface area contributed by atoms with Crippen molar-refractivity contribution in [3.63, 3.8) is 0 Å². The zero-order valence-electron chi connectivity index (χ0n) is 11.5. The van der Waals surface area contributed by atoms with Crippen LogP contribution in [-0.4, -0.2) is 79.8 Å². The van der Waals surface area contributed by atoms with Crippen molar-refractivity contribution in [3.05, 3.63) is 0 Å². The van der Waals surface area contributed by atoms with E-state index in [2.05, 4.69) is 5.32 Å². The van der Waals surface area contributed by atoms with Crippen LogP contribution >= 0.6 is 0 Å². The molecule has 0 aliphatic rings. The second kappa shape index (κ2) is 9.54. The molecule has 0 aromatic carbocycles. The normalized spacial score (nSPS) is 13.7. The fourth-order valence-corrected chi connectivity index (χ4v) is 1.42. The summed E-state index contributed by atoms with van der Waals surface area (Å²) in [6, 6.07) is -0.663. The summed E-state index contributed by atoms with van der Waals surface area (Å²) in [5, 5.41) is 20.0. The quantitative estimate of drug-likeness (QED) is 0.505. The molecule has 0 bridgehead atoms. The molecular formula is C11H22N2O6. The van der Waals surface area contributed by atoms with Crippen molar-refractivity contribution in [1.29, 1.82) is 0 Å². The number of nitrogens with zero attached hydrogens (tertiary/aromatic N) is 1. The van der Waals surface area contributed by atoms with Gasteiger partial charge in [-0.3, -0.25) is 0 Å². The summed E-state index contributed by atoms with van der Waals surface area (Å²) < 4.78 is 9.88. The van der Waals surface area contributed by atoms with Gasteiger partial charge in [-0.1, -0.05) is 0 Å². The number of methoxy groups -OCH3 is 2. The number of carbonyl (C=O) groups is 2. The van der Waals surface area contributed by atoms with Gasteiger partial charge in [-0.25, -0.2) is 9.59 Å². The number of ether oxygens (including phenoxy) is 2. The Morgan fingerprint density at radius 1 is 1.32 bits per heavy atom. The van der Waals surface area contributed by atoms with E-state index in [-0.39, 0.29) is 12.6 Å². The van der Waals surface area contributed by atoms with E-state index in [1.165, 1.54) is 19.1 Å². The molecule has 0 aliphatic carbocycles. The molecule has 0 aromatic rings. The molecule has 0 fully saturated rings. The van der Waals surface area contributed by atoms with Crippen molar-refractivity contribution in [2.24, 2.45) is 0 Å². The number of aliphatic hydroxyl groups excluding tert-OH is 1. The van der Waals surface area contributed by atoms with E-state index in [1.54, 1.807) is 6.92 Å². The lowest BCUT2D eigenvalue weighted by Gasteiger charge is -2.29. The molecule has 0 heterocycles. The molecule has 8 heteroatoms. The fourth-order valence-electron chi connectivity index (χ4n) is 1.42. The Kier molecular flexibility index (Phi) is 8.84. The Balaban J connectivity index is 4.40. The molecule has 0 saturated heterocycles. The van der Waals surface area contributed by atoms with Gasteiger partial charge < -0.3 is 29.9 Å². The first-order valence-electron chi connectivity index (χ1n) is 5.87. The van der Waals surface area contributed by atoms with E-state index in [0.717, 1.165) is 0 Å². The van der Waals surface area contributed by atoms with Crippen molar-refractivity contribution >= 4 is 12.0 Å². The number of hydrogen-bond donors (Lipinski definition) is 3. The average Bonchev–Trinajstić information content (AvgIpc) is 2.36. The predicted molar refractivity (Wildman–Crippen MR) is 67.0 cm³/mol. The second-order valence-corrected chi connectivity index (χ2v) is 4.03. The van der Waals surface area contributed by atoms with E-state index in [9.17, 15) is 9.59 Å². The van der Waals surface area contributed by atoms with Crippen LogP contribution in [0.15, 0.2) is 0 Å². The minimum absolute atomic E-state index is 0.192. The summed E-state index contributed by atoms with van der Waals surface area (Å²) in [5.74, 6) is -1.38. The Hall–Kier alpha value is -1.38. The molecule has 2 atom stereocenters. The largest absolute Gasteiger partial charge is 0.479 e. The van der Waals surface area contributed by atoms with Gasteiger partial charge in [0.15, 0.2) is 6.10 Å².